The Kier molecular flexibility index (Phi) is 4.22. The zero-order chi connectivity index (χ0) is 12.3. The first-order valence-corrected chi connectivity index (χ1v) is 8.80. The normalized spacial score (nSPS) is 23.7. The number of sulfone groups is 1. The van der Waals surface area contributed by atoms with Gasteiger partial charge >= 0.3 is 0 Å². The van der Waals surface area contributed by atoms with Crippen LogP contribution in [-0.4, -0.2) is 26.0 Å². The summed E-state index contributed by atoms with van der Waals surface area (Å²) >= 11 is 1.75. The minimum absolute atomic E-state index is 0.139. The van der Waals surface area contributed by atoms with Crippen LogP contribution < -0.4 is 5.32 Å². The van der Waals surface area contributed by atoms with E-state index in [2.05, 4.69) is 23.7 Å². The van der Waals surface area contributed by atoms with E-state index in [-0.39, 0.29) is 6.04 Å². The Bertz CT molecular complexity index is 465. The van der Waals surface area contributed by atoms with Crippen molar-refractivity contribution in [3.05, 3.63) is 21.9 Å². The van der Waals surface area contributed by atoms with Gasteiger partial charge in [0.15, 0.2) is 9.84 Å². The van der Waals surface area contributed by atoms with E-state index in [9.17, 15) is 8.42 Å². The van der Waals surface area contributed by atoms with Gasteiger partial charge in [0, 0.05) is 17.5 Å². The molecule has 2 rings (SSSR count). The van der Waals surface area contributed by atoms with Crippen molar-refractivity contribution in [1.29, 1.82) is 0 Å². The lowest BCUT2D eigenvalue weighted by atomic mass is 10.1. The largest absolute Gasteiger partial charge is 0.308 e. The van der Waals surface area contributed by atoms with E-state index in [1.165, 1.54) is 10.4 Å². The van der Waals surface area contributed by atoms with Gasteiger partial charge in [-0.1, -0.05) is 6.92 Å². The molecule has 1 saturated heterocycles. The van der Waals surface area contributed by atoms with Crippen molar-refractivity contribution in [3.8, 4) is 0 Å². The Morgan fingerprint density at radius 1 is 1.53 bits per heavy atom. The van der Waals surface area contributed by atoms with Crippen molar-refractivity contribution in [2.75, 3.05) is 11.5 Å². The summed E-state index contributed by atoms with van der Waals surface area (Å²) in [6, 6.07) is 2.29. The molecule has 1 fully saturated rings. The summed E-state index contributed by atoms with van der Waals surface area (Å²) < 4.78 is 23.0. The predicted octanol–water partition coefficient (Wildman–Crippen LogP) is 1.98. The molecule has 96 valence electrons. The molecule has 5 heteroatoms. The second-order valence-electron chi connectivity index (χ2n) is 4.56. The summed E-state index contributed by atoms with van der Waals surface area (Å²) in [5, 5.41) is 5.49. The number of thiophene rings is 1. The number of hydrogen-bond acceptors (Lipinski definition) is 4. The Morgan fingerprint density at radius 3 is 3.06 bits per heavy atom. The third-order valence-corrected chi connectivity index (χ3v) is 6.02. The maximum absolute atomic E-state index is 11.5. The number of rotatable bonds is 4. The molecule has 17 heavy (non-hydrogen) atoms. The van der Waals surface area contributed by atoms with Crippen LogP contribution >= 0.6 is 11.3 Å². The maximum Gasteiger partial charge on any atom is 0.151 e. The zero-order valence-corrected chi connectivity index (χ0v) is 11.7. The van der Waals surface area contributed by atoms with Gasteiger partial charge in [-0.2, -0.15) is 0 Å². The predicted molar refractivity (Wildman–Crippen MR) is 72.2 cm³/mol. The molecule has 0 saturated carbocycles. The van der Waals surface area contributed by atoms with E-state index >= 15 is 0 Å². The monoisotopic (exact) mass is 273 g/mol. The highest BCUT2D eigenvalue weighted by Gasteiger charge is 2.24. The quantitative estimate of drug-likeness (QED) is 0.912. The maximum atomic E-state index is 11.5. The lowest BCUT2D eigenvalue weighted by Crippen LogP contribution is -2.39. The first-order valence-electron chi connectivity index (χ1n) is 6.10. The van der Waals surface area contributed by atoms with Crippen molar-refractivity contribution in [1.82, 2.24) is 5.32 Å². The molecule has 1 atom stereocenters. The average molecular weight is 273 g/mol. The fraction of sp³-hybridized carbons (Fsp3) is 0.667. The van der Waals surface area contributed by atoms with Crippen molar-refractivity contribution in [2.24, 2.45) is 0 Å². The lowest BCUT2D eigenvalue weighted by molar-refractivity contribution is 0.481. The van der Waals surface area contributed by atoms with Crippen LogP contribution in [0.25, 0.3) is 0 Å². The fourth-order valence-electron chi connectivity index (χ4n) is 2.26. The second-order valence-corrected chi connectivity index (χ2v) is 7.79. The Morgan fingerprint density at radius 2 is 2.35 bits per heavy atom. The SMILES string of the molecule is CCc1ccsc1CNC1CCCS(=O)(=O)C1. The van der Waals surface area contributed by atoms with E-state index in [1.807, 2.05) is 0 Å². The number of hydrogen-bond donors (Lipinski definition) is 1. The van der Waals surface area contributed by atoms with Crippen LogP contribution in [-0.2, 0) is 22.8 Å². The van der Waals surface area contributed by atoms with Crippen molar-refractivity contribution in [2.45, 2.75) is 38.8 Å². The van der Waals surface area contributed by atoms with Gasteiger partial charge in [-0.25, -0.2) is 8.42 Å². The van der Waals surface area contributed by atoms with Gasteiger partial charge in [-0.05, 0) is 36.3 Å². The summed E-state index contributed by atoms with van der Waals surface area (Å²) in [5.74, 6) is 0.671. The molecule has 1 unspecified atom stereocenters. The highest BCUT2D eigenvalue weighted by atomic mass is 32.2. The van der Waals surface area contributed by atoms with Crippen LogP contribution in [0.3, 0.4) is 0 Å². The smallest absolute Gasteiger partial charge is 0.151 e. The molecule has 3 nitrogen and oxygen atoms in total. The van der Waals surface area contributed by atoms with Crippen LogP contribution in [0.2, 0.25) is 0 Å². The van der Waals surface area contributed by atoms with E-state index in [4.69, 9.17) is 0 Å². The summed E-state index contributed by atoms with van der Waals surface area (Å²) in [7, 11) is -2.80. The minimum Gasteiger partial charge on any atom is -0.308 e. The molecule has 0 aliphatic carbocycles. The molecule has 1 aliphatic rings. The molecular weight excluding hydrogens is 254 g/mol. The van der Waals surface area contributed by atoms with E-state index in [1.54, 1.807) is 11.3 Å². The van der Waals surface area contributed by atoms with Gasteiger partial charge in [-0.3, -0.25) is 0 Å². The summed E-state index contributed by atoms with van der Waals surface area (Å²) in [6.45, 7) is 2.96. The summed E-state index contributed by atoms with van der Waals surface area (Å²) in [5.41, 5.74) is 1.38. The third kappa shape index (κ3) is 3.53. The molecule has 2 heterocycles. The molecule has 1 aliphatic heterocycles. The second kappa shape index (κ2) is 5.50. The van der Waals surface area contributed by atoms with Crippen LogP contribution in [0, 0.1) is 0 Å². The molecule has 0 radical (unpaired) electrons. The molecule has 0 amide bonds. The zero-order valence-electron chi connectivity index (χ0n) is 10.1. The Balaban J connectivity index is 1.90. The van der Waals surface area contributed by atoms with Crippen LogP contribution in [0.15, 0.2) is 11.4 Å². The van der Waals surface area contributed by atoms with Gasteiger partial charge in [-0.15, -0.1) is 11.3 Å². The van der Waals surface area contributed by atoms with Crippen LogP contribution in [0.5, 0.6) is 0 Å². The van der Waals surface area contributed by atoms with Crippen molar-refractivity contribution in [3.63, 3.8) is 0 Å². The number of nitrogens with one attached hydrogen (secondary N) is 1. The molecule has 1 N–H and O–H groups in total. The molecular formula is C12H19NO2S2. The fourth-order valence-corrected chi connectivity index (χ4v) is 4.86. The van der Waals surface area contributed by atoms with E-state index in [0.717, 1.165) is 25.8 Å². The highest BCUT2D eigenvalue weighted by Crippen LogP contribution is 2.18. The molecule has 1 aromatic heterocycles. The van der Waals surface area contributed by atoms with Crippen molar-refractivity contribution >= 4 is 21.2 Å². The van der Waals surface area contributed by atoms with E-state index < -0.39 is 9.84 Å². The first-order chi connectivity index (χ1) is 8.11. The van der Waals surface area contributed by atoms with Gasteiger partial charge < -0.3 is 5.32 Å². The minimum atomic E-state index is -2.80. The third-order valence-electron chi connectivity index (χ3n) is 3.23. The summed E-state index contributed by atoms with van der Waals surface area (Å²) in [4.78, 5) is 1.34. The average Bonchev–Trinajstić information content (AvgIpc) is 2.72. The van der Waals surface area contributed by atoms with Gasteiger partial charge in [0.25, 0.3) is 0 Å². The summed E-state index contributed by atoms with van der Waals surface area (Å²) in [6.07, 6.45) is 2.82. The number of aryl methyl sites for hydroxylation is 1. The van der Waals surface area contributed by atoms with Crippen molar-refractivity contribution < 1.29 is 8.42 Å². The van der Waals surface area contributed by atoms with Gasteiger partial charge in [0.05, 0.1) is 11.5 Å². The van der Waals surface area contributed by atoms with Gasteiger partial charge in [0.1, 0.15) is 0 Å². The van der Waals surface area contributed by atoms with E-state index in [0.29, 0.717) is 11.5 Å². The topological polar surface area (TPSA) is 46.2 Å². The van der Waals surface area contributed by atoms with Gasteiger partial charge in [0.2, 0.25) is 0 Å². The molecule has 1 aromatic rings. The van der Waals surface area contributed by atoms with Crippen LogP contribution in [0.4, 0.5) is 0 Å². The first kappa shape index (κ1) is 13.1. The molecule has 0 bridgehead atoms. The molecule has 0 spiro atoms. The Labute approximate surface area is 107 Å². The highest BCUT2D eigenvalue weighted by molar-refractivity contribution is 7.91. The Hall–Kier alpha value is -0.390. The lowest BCUT2D eigenvalue weighted by Gasteiger charge is -2.23. The standard InChI is InChI=1S/C12H19NO2S2/c1-2-10-5-6-16-12(10)8-13-11-4-3-7-17(14,15)9-11/h5-6,11,13H,2-4,7-9H2,1H3. The molecule has 0 aromatic carbocycles. The van der Waals surface area contributed by atoms with Crippen LogP contribution in [0.1, 0.15) is 30.2 Å².